The zero-order valence-electron chi connectivity index (χ0n) is 14.7. The predicted octanol–water partition coefficient (Wildman–Crippen LogP) is 4.01. The fraction of sp³-hybridized carbons (Fsp3) is 0.368. The number of rotatable bonds is 6. The quantitative estimate of drug-likeness (QED) is 0.787. The molecule has 0 spiro atoms. The summed E-state index contributed by atoms with van der Waals surface area (Å²) < 4.78 is 5.05. The Labute approximate surface area is 142 Å². The molecule has 1 aromatic heterocycles. The first-order valence-electron chi connectivity index (χ1n) is 8.24. The van der Waals surface area contributed by atoms with Crippen molar-refractivity contribution in [1.29, 1.82) is 0 Å². The second-order valence-electron chi connectivity index (χ2n) is 5.75. The van der Waals surface area contributed by atoms with Crippen LogP contribution in [0.5, 0.6) is 0 Å². The molecular formula is C19H24N2O3. The van der Waals surface area contributed by atoms with Crippen molar-refractivity contribution in [2.75, 3.05) is 11.9 Å². The number of H-pyrrole nitrogens is 1. The Kier molecular flexibility index (Phi) is 5.79. The molecule has 2 N–H and O–H groups in total. The molecule has 24 heavy (non-hydrogen) atoms. The summed E-state index contributed by atoms with van der Waals surface area (Å²) in [6.45, 7) is 7.69. The fourth-order valence-corrected chi connectivity index (χ4v) is 2.72. The Balaban J connectivity index is 2.18. The van der Waals surface area contributed by atoms with Gasteiger partial charge in [-0.25, -0.2) is 4.79 Å². The van der Waals surface area contributed by atoms with Gasteiger partial charge in [0.15, 0.2) is 0 Å². The molecule has 0 atom stereocenters. The van der Waals surface area contributed by atoms with Crippen molar-refractivity contribution in [3.63, 3.8) is 0 Å². The topological polar surface area (TPSA) is 71.2 Å². The van der Waals surface area contributed by atoms with E-state index >= 15 is 0 Å². The molecular weight excluding hydrogens is 304 g/mol. The number of aryl methyl sites for hydroxylation is 2. The number of nitrogens with one attached hydrogen (secondary N) is 2. The van der Waals surface area contributed by atoms with E-state index in [-0.39, 0.29) is 5.91 Å². The molecule has 0 saturated heterocycles. The molecule has 0 bridgehead atoms. The van der Waals surface area contributed by atoms with Gasteiger partial charge in [0.2, 0.25) is 0 Å². The van der Waals surface area contributed by atoms with E-state index in [1.807, 2.05) is 24.3 Å². The summed E-state index contributed by atoms with van der Waals surface area (Å²) in [4.78, 5) is 27.5. The Hall–Kier alpha value is -2.56. The first-order chi connectivity index (χ1) is 11.5. The third-order valence-corrected chi connectivity index (χ3v) is 3.89. The third kappa shape index (κ3) is 3.85. The summed E-state index contributed by atoms with van der Waals surface area (Å²) in [5, 5.41) is 2.86. The molecule has 1 amide bonds. The van der Waals surface area contributed by atoms with Crippen molar-refractivity contribution in [2.45, 2.75) is 40.5 Å². The van der Waals surface area contributed by atoms with E-state index in [9.17, 15) is 9.59 Å². The molecule has 0 aliphatic heterocycles. The fourth-order valence-electron chi connectivity index (χ4n) is 2.72. The standard InChI is InChI=1S/C19H24N2O3/c1-5-7-14-8-10-15(11-9-14)21-18(22)17-12(3)16(13(4)20-17)19(23)24-6-2/h8-11,20H,5-7H2,1-4H3,(H,21,22). The van der Waals surface area contributed by atoms with Crippen LogP contribution >= 0.6 is 0 Å². The number of esters is 1. The molecule has 1 aromatic carbocycles. The van der Waals surface area contributed by atoms with Crippen molar-refractivity contribution in [2.24, 2.45) is 0 Å². The monoisotopic (exact) mass is 328 g/mol. The average Bonchev–Trinajstić information content (AvgIpc) is 2.84. The first kappa shape index (κ1) is 17.8. The maximum atomic E-state index is 12.5. The molecule has 0 unspecified atom stereocenters. The third-order valence-electron chi connectivity index (χ3n) is 3.89. The molecule has 5 nitrogen and oxygen atoms in total. The van der Waals surface area contributed by atoms with E-state index in [1.165, 1.54) is 5.56 Å². The minimum atomic E-state index is -0.410. The number of benzene rings is 1. The van der Waals surface area contributed by atoms with Crippen molar-refractivity contribution in [1.82, 2.24) is 4.98 Å². The lowest BCUT2D eigenvalue weighted by atomic mass is 10.1. The van der Waals surface area contributed by atoms with Gasteiger partial charge in [0.05, 0.1) is 12.2 Å². The Morgan fingerprint density at radius 2 is 1.79 bits per heavy atom. The van der Waals surface area contributed by atoms with E-state index in [0.717, 1.165) is 18.5 Å². The van der Waals surface area contributed by atoms with Gasteiger partial charge in [0, 0.05) is 11.4 Å². The van der Waals surface area contributed by atoms with Gasteiger partial charge < -0.3 is 15.0 Å². The number of hydrogen-bond donors (Lipinski definition) is 2. The highest BCUT2D eigenvalue weighted by Crippen LogP contribution is 2.20. The number of aromatic amines is 1. The van der Waals surface area contributed by atoms with Gasteiger partial charge in [0.25, 0.3) is 5.91 Å². The van der Waals surface area contributed by atoms with Crippen LogP contribution in [0.1, 0.15) is 57.9 Å². The van der Waals surface area contributed by atoms with Crippen LogP contribution in [0.4, 0.5) is 5.69 Å². The minimum absolute atomic E-state index is 0.269. The van der Waals surface area contributed by atoms with Crippen LogP contribution in [0, 0.1) is 13.8 Å². The normalized spacial score (nSPS) is 10.5. The summed E-state index contributed by atoms with van der Waals surface area (Å²) in [6, 6.07) is 7.80. The predicted molar refractivity (Wildman–Crippen MR) is 94.6 cm³/mol. The van der Waals surface area contributed by atoms with Crippen LogP contribution in [0.2, 0.25) is 0 Å². The molecule has 0 aliphatic rings. The van der Waals surface area contributed by atoms with Crippen molar-refractivity contribution in [3.8, 4) is 0 Å². The highest BCUT2D eigenvalue weighted by Gasteiger charge is 2.22. The number of anilines is 1. The van der Waals surface area contributed by atoms with E-state index in [2.05, 4.69) is 17.2 Å². The zero-order chi connectivity index (χ0) is 17.7. The second kappa shape index (κ2) is 7.81. The highest BCUT2D eigenvalue weighted by atomic mass is 16.5. The number of aromatic nitrogens is 1. The van der Waals surface area contributed by atoms with Crippen molar-refractivity contribution in [3.05, 3.63) is 52.3 Å². The number of ether oxygens (including phenoxy) is 1. The number of amides is 1. The van der Waals surface area contributed by atoms with Crippen LogP contribution in [-0.2, 0) is 11.2 Å². The van der Waals surface area contributed by atoms with Gasteiger partial charge in [-0.1, -0.05) is 25.5 Å². The lowest BCUT2D eigenvalue weighted by molar-refractivity contribution is 0.0525. The molecule has 5 heteroatoms. The Morgan fingerprint density at radius 1 is 1.12 bits per heavy atom. The molecule has 2 rings (SSSR count). The SMILES string of the molecule is CCCc1ccc(NC(=O)c2[nH]c(C)c(C(=O)OCC)c2C)cc1. The summed E-state index contributed by atoms with van der Waals surface area (Å²) in [5.74, 6) is -0.680. The summed E-state index contributed by atoms with van der Waals surface area (Å²) >= 11 is 0. The van der Waals surface area contributed by atoms with Crippen LogP contribution in [0.3, 0.4) is 0 Å². The van der Waals surface area contributed by atoms with Gasteiger partial charge in [0.1, 0.15) is 5.69 Å². The number of carbonyl (C=O) groups is 2. The lowest BCUT2D eigenvalue weighted by Crippen LogP contribution is -2.14. The van der Waals surface area contributed by atoms with E-state index in [4.69, 9.17) is 4.74 Å². The average molecular weight is 328 g/mol. The van der Waals surface area contributed by atoms with E-state index in [1.54, 1.807) is 20.8 Å². The Bertz CT molecular complexity index is 730. The molecule has 2 aromatic rings. The molecule has 0 radical (unpaired) electrons. The van der Waals surface area contributed by atoms with Gasteiger partial charge >= 0.3 is 5.97 Å². The molecule has 0 saturated carbocycles. The van der Waals surface area contributed by atoms with Crippen LogP contribution < -0.4 is 5.32 Å². The summed E-state index contributed by atoms with van der Waals surface area (Å²) in [6.07, 6.45) is 2.11. The van der Waals surface area contributed by atoms with Gasteiger partial charge in [-0.05, 0) is 50.5 Å². The van der Waals surface area contributed by atoms with Crippen LogP contribution in [0.25, 0.3) is 0 Å². The molecule has 128 valence electrons. The molecule has 0 fully saturated rings. The van der Waals surface area contributed by atoms with Gasteiger partial charge in [-0.2, -0.15) is 0 Å². The second-order valence-corrected chi connectivity index (χ2v) is 5.75. The first-order valence-corrected chi connectivity index (χ1v) is 8.24. The van der Waals surface area contributed by atoms with E-state index in [0.29, 0.717) is 29.1 Å². The van der Waals surface area contributed by atoms with E-state index < -0.39 is 5.97 Å². The maximum absolute atomic E-state index is 12.5. The van der Waals surface area contributed by atoms with Crippen molar-refractivity contribution >= 4 is 17.6 Å². The largest absolute Gasteiger partial charge is 0.462 e. The summed E-state index contributed by atoms with van der Waals surface area (Å²) in [7, 11) is 0. The van der Waals surface area contributed by atoms with Crippen LogP contribution in [0.15, 0.2) is 24.3 Å². The number of carbonyl (C=O) groups excluding carboxylic acids is 2. The molecule has 0 aliphatic carbocycles. The maximum Gasteiger partial charge on any atom is 0.340 e. The lowest BCUT2D eigenvalue weighted by Gasteiger charge is -2.06. The minimum Gasteiger partial charge on any atom is -0.462 e. The Morgan fingerprint density at radius 3 is 2.38 bits per heavy atom. The zero-order valence-corrected chi connectivity index (χ0v) is 14.7. The van der Waals surface area contributed by atoms with Crippen LogP contribution in [-0.4, -0.2) is 23.5 Å². The molecule has 1 heterocycles. The van der Waals surface area contributed by atoms with Gasteiger partial charge in [-0.3, -0.25) is 4.79 Å². The highest BCUT2D eigenvalue weighted by molar-refractivity contribution is 6.06. The smallest absolute Gasteiger partial charge is 0.340 e. The summed E-state index contributed by atoms with van der Waals surface area (Å²) in [5.41, 5.74) is 4.02. The number of hydrogen-bond acceptors (Lipinski definition) is 3. The van der Waals surface area contributed by atoms with Crippen molar-refractivity contribution < 1.29 is 14.3 Å². The van der Waals surface area contributed by atoms with Gasteiger partial charge in [-0.15, -0.1) is 0 Å².